The van der Waals surface area contributed by atoms with E-state index in [0.29, 0.717) is 0 Å². The molecule has 86 valence electrons. The predicted octanol–water partition coefficient (Wildman–Crippen LogP) is 0.106. The van der Waals surface area contributed by atoms with Crippen molar-refractivity contribution in [2.75, 3.05) is 0 Å². The Balaban J connectivity index is 0.00000256. The third kappa shape index (κ3) is 2.86. The molecule has 0 aliphatic rings. The number of hydrogen-bond acceptors (Lipinski definition) is 4. The lowest BCUT2D eigenvalue weighted by Gasteiger charge is -2.06. The van der Waals surface area contributed by atoms with Crippen molar-refractivity contribution in [1.29, 1.82) is 0 Å². The van der Waals surface area contributed by atoms with E-state index in [1.165, 1.54) is 0 Å². The maximum Gasteiger partial charge on any atom is 0.340 e. The summed E-state index contributed by atoms with van der Waals surface area (Å²) in [6.07, 6.45) is 0. The molecular formula is C9H6MgO7. The van der Waals surface area contributed by atoms with Gasteiger partial charge in [-0.15, -0.1) is 0 Å². The quantitative estimate of drug-likeness (QED) is 0.559. The maximum absolute atomic E-state index is 10.7. The lowest BCUT2D eigenvalue weighted by atomic mass is 10.0. The minimum atomic E-state index is -1.71. The molecule has 0 aliphatic heterocycles. The molecule has 0 saturated carbocycles. The second-order valence-electron chi connectivity index (χ2n) is 2.80. The Hall–Kier alpha value is -1.80. The second kappa shape index (κ2) is 5.50. The van der Waals surface area contributed by atoms with Crippen LogP contribution in [0.25, 0.3) is 0 Å². The summed E-state index contributed by atoms with van der Waals surface area (Å²) in [5.41, 5.74) is -2.27. The van der Waals surface area contributed by atoms with Gasteiger partial charge in [-0.05, 0) is 12.1 Å². The van der Waals surface area contributed by atoms with Crippen LogP contribution in [0.4, 0.5) is 0 Å². The molecule has 4 N–H and O–H groups in total. The van der Waals surface area contributed by atoms with E-state index in [1.54, 1.807) is 0 Å². The Morgan fingerprint density at radius 3 is 1.59 bits per heavy atom. The van der Waals surface area contributed by atoms with Gasteiger partial charge in [0.2, 0.25) is 0 Å². The first-order valence-electron chi connectivity index (χ1n) is 3.92. The van der Waals surface area contributed by atoms with E-state index in [1.807, 2.05) is 0 Å². The average molecular weight is 250 g/mol. The van der Waals surface area contributed by atoms with E-state index < -0.39 is 40.3 Å². The molecule has 0 saturated heterocycles. The molecule has 0 fully saturated rings. The highest BCUT2D eigenvalue weighted by Gasteiger charge is 2.24. The van der Waals surface area contributed by atoms with E-state index in [0.717, 1.165) is 12.1 Å². The van der Waals surface area contributed by atoms with E-state index >= 15 is 0 Å². The fourth-order valence-corrected chi connectivity index (χ4v) is 1.16. The van der Waals surface area contributed by atoms with Gasteiger partial charge in [-0.25, -0.2) is 14.4 Å². The van der Waals surface area contributed by atoms with E-state index in [-0.39, 0.29) is 23.1 Å². The number of aromatic carboxylic acids is 3. The predicted molar refractivity (Wildman–Crippen MR) is 54.7 cm³/mol. The Kier molecular flexibility index (Phi) is 4.92. The molecule has 17 heavy (non-hydrogen) atoms. The minimum absolute atomic E-state index is 0. The van der Waals surface area contributed by atoms with Crippen LogP contribution >= 0.6 is 0 Å². The van der Waals surface area contributed by atoms with Crippen molar-refractivity contribution in [3.05, 3.63) is 28.8 Å². The topological polar surface area (TPSA) is 132 Å². The summed E-state index contributed by atoms with van der Waals surface area (Å²) in [5, 5.41) is 35.3. The number of benzene rings is 1. The number of aromatic hydroxyl groups is 1. The molecule has 0 aromatic heterocycles. The molecule has 0 bridgehead atoms. The number of carboxylic acids is 3. The highest BCUT2D eigenvalue weighted by molar-refractivity contribution is 6.06. The molecule has 8 heteroatoms. The van der Waals surface area contributed by atoms with Gasteiger partial charge in [0.15, 0.2) is 0 Å². The summed E-state index contributed by atoms with van der Waals surface area (Å²) < 4.78 is 0. The first-order valence-corrected chi connectivity index (χ1v) is 3.92. The van der Waals surface area contributed by atoms with Crippen molar-refractivity contribution >= 4 is 41.0 Å². The van der Waals surface area contributed by atoms with Gasteiger partial charge in [0, 0.05) is 23.1 Å². The first-order chi connectivity index (χ1) is 7.36. The fraction of sp³-hybridized carbons (Fsp3) is 0. The van der Waals surface area contributed by atoms with Gasteiger partial charge in [0.25, 0.3) is 0 Å². The van der Waals surface area contributed by atoms with Crippen LogP contribution in [0, 0.1) is 0 Å². The van der Waals surface area contributed by atoms with Crippen LogP contribution in [0.5, 0.6) is 5.75 Å². The lowest BCUT2D eigenvalue weighted by Crippen LogP contribution is -2.11. The molecule has 1 rings (SSSR count). The van der Waals surface area contributed by atoms with Crippen molar-refractivity contribution in [1.82, 2.24) is 0 Å². The first kappa shape index (κ1) is 15.2. The summed E-state index contributed by atoms with van der Waals surface area (Å²) >= 11 is 0. The van der Waals surface area contributed by atoms with Crippen LogP contribution in [-0.2, 0) is 0 Å². The molecular weight excluding hydrogens is 244 g/mol. The van der Waals surface area contributed by atoms with Crippen LogP contribution in [0.3, 0.4) is 0 Å². The zero-order valence-electron chi connectivity index (χ0n) is 8.38. The van der Waals surface area contributed by atoms with Gasteiger partial charge in [0.1, 0.15) is 16.9 Å². The van der Waals surface area contributed by atoms with Gasteiger partial charge in [-0.2, -0.15) is 0 Å². The van der Waals surface area contributed by atoms with Crippen molar-refractivity contribution in [2.24, 2.45) is 0 Å². The number of phenols is 1. The molecule has 2 radical (unpaired) electrons. The summed E-state index contributed by atoms with van der Waals surface area (Å²) in [6.45, 7) is 0. The zero-order chi connectivity index (χ0) is 12.5. The third-order valence-corrected chi connectivity index (χ3v) is 1.85. The van der Waals surface area contributed by atoms with E-state index in [9.17, 15) is 19.5 Å². The van der Waals surface area contributed by atoms with Gasteiger partial charge in [-0.3, -0.25) is 0 Å². The van der Waals surface area contributed by atoms with Gasteiger partial charge < -0.3 is 20.4 Å². The molecule has 1 aromatic carbocycles. The van der Waals surface area contributed by atoms with Crippen LogP contribution in [0.15, 0.2) is 12.1 Å². The molecule has 1 aromatic rings. The van der Waals surface area contributed by atoms with Gasteiger partial charge >= 0.3 is 17.9 Å². The highest BCUT2D eigenvalue weighted by Crippen LogP contribution is 2.26. The van der Waals surface area contributed by atoms with Crippen molar-refractivity contribution in [3.8, 4) is 5.75 Å². The molecule has 0 spiro atoms. The van der Waals surface area contributed by atoms with Crippen molar-refractivity contribution in [2.45, 2.75) is 0 Å². The Labute approximate surface area is 110 Å². The van der Waals surface area contributed by atoms with Gasteiger partial charge in [0.05, 0.1) is 5.56 Å². The number of rotatable bonds is 3. The third-order valence-electron chi connectivity index (χ3n) is 1.85. The van der Waals surface area contributed by atoms with Crippen molar-refractivity contribution in [3.63, 3.8) is 0 Å². The lowest BCUT2D eigenvalue weighted by molar-refractivity contribution is 0.0645. The normalized spacial score (nSPS) is 9.18. The standard InChI is InChI=1S/C9H6O7.Mg/c10-6-4(8(13)14)2-1-3(7(11)12)5(6)9(15)16;/h1-2,10H,(H,11,12)(H,13,14)(H,15,16);. The Morgan fingerprint density at radius 1 is 0.824 bits per heavy atom. The van der Waals surface area contributed by atoms with Gasteiger partial charge in [-0.1, -0.05) is 0 Å². The van der Waals surface area contributed by atoms with E-state index in [2.05, 4.69) is 0 Å². The fourth-order valence-electron chi connectivity index (χ4n) is 1.16. The number of carbonyl (C=O) groups is 3. The molecule has 0 aliphatic carbocycles. The average Bonchev–Trinajstić information content (AvgIpc) is 2.15. The Bertz CT molecular complexity index is 494. The molecule has 7 nitrogen and oxygen atoms in total. The summed E-state index contributed by atoms with van der Waals surface area (Å²) in [4.78, 5) is 31.9. The second-order valence-corrected chi connectivity index (χ2v) is 2.80. The van der Waals surface area contributed by atoms with E-state index in [4.69, 9.17) is 15.3 Å². The minimum Gasteiger partial charge on any atom is -0.506 e. The molecule has 0 atom stereocenters. The smallest absolute Gasteiger partial charge is 0.340 e. The van der Waals surface area contributed by atoms with Crippen LogP contribution in [-0.4, -0.2) is 61.4 Å². The number of carboxylic acid groups (broad SMARTS) is 3. The monoisotopic (exact) mass is 250 g/mol. The summed E-state index contributed by atoms with van der Waals surface area (Å²) in [7, 11) is 0. The summed E-state index contributed by atoms with van der Waals surface area (Å²) in [6, 6.07) is 1.64. The highest BCUT2D eigenvalue weighted by atomic mass is 24.3. The largest absolute Gasteiger partial charge is 0.506 e. The van der Waals surface area contributed by atoms with Crippen LogP contribution in [0.1, 0.15) is 31.1 Å². The van der Waals surface area contributed by atoms with Crippen molar-refractivity contribution < 1.29 is 34.8 Å². The van der Waals surface area contributed by atoms with Crippen LogP contribution in [0.2, 0.25) is 0 Å². The summed E-state index contributed by atoms with van der Waals surface area (Å²) in [5.74, 6) is -5.89. The SMILES string of the molecule is O=C(O)c1ccc(C(=O)O)c(C(=O)O)c1O.[Mg]. The maximum atomic E-state index is 10.7. The molecule has 0 unspecified atom stereocenters. The molecule has 0 heterocycles. The number of hydrogen-bond donors (Lipinski definition) is 4. The zero-order valence-corrected chi connectivity index (χ0v) is 9.79. The Morgan fingerprint density at radius 2 is 1.24 bits per heavy atom. The molecule has 0 amide bonds. The van der Waals surface area contributed by atoms with Crippen LogP contribution < -0.4 is 0 Å².